The van der Waals surface area contributed by atoms with Crippen LogP contribution in [0.15, 0.2) is 0 Å². The Balaban J connectivity index is -0.000000237. The van der Waals surface area contributed by atoms with Crippen molar-refractivity contribution in [1.29, 1.82) is 0 Å². The van der Waals surface area contributed by atoms with Crippen molar-refractivity contribution in [3.63, 3.8) is 0 Å². The fourth-order valence-corrected chi connectivity index (χ4v) is 2.31. The van der Waals surface area contributed by atoms with Crippen molar-refractivity contribution in [3.05, 3.63) is 24.5 Å². The monoisotopic (exact) mass is 755 g/mol. The molecule has 2 rings (SSSR count). The maximum atomic E-state index is 7.42. The molecule has 0 bridgehead atoms. The van der Waals surface area contributed by atoms with Gasteiger partial charge in [0.05, 0.1) is 0 Å². The van der Waals surface area contributed by atoms with Crippen molar-refractivity contribution in [2.24, 2.45) is 5.92 Å². The van der Waals surface area contributed by atoms with Gasteiger partial charge in [-0.1, -0.05) is 57.8 Å². The molecule has 142 valence electrons. The third-order valence-corrected chi connectivity index (χ3v) is 3.51. The molecule has 0 aromatic heterocycles. The van der Waals surface area contributed by atoms with Crippen molar-refractivity contribution >= 4 is 37.7 Å². The Morgan fingerprint density at radius 2 is 1.09 bits per heavy atom. The summed E-state index contributed by atoms with van der Waals surface area (Å²) in [5.41, 5.74) is 14.7. The first-order valence-electron chi connectivity index (χ1n) is 6.93. The minimum atomic E-state index is -0.472. The fourth-order valence-electron chi connectivity index (χ4n) is 2.31. The van der Waals surface area contributed by atoms with Gasteiger partial charge in [0, 0.05) is 0 Å². The molecule has 0 radical (unpaired) electrons. The molecule has 2 aliphatic rings. The SMILES string of the molecule is [CH2-]C1CCCCC1[NH-].[Cl][Pt+2][Cl].[Cl][Pt+2][Cl].[NH-]C1CCCCC1.[NH2-]. The standard InChI is InChI=1S/C7H13N.C6H12N.4ClH.H2N.2Pt/c1-6-4-2-3-5-7(6)8;7-6-4-2-1-3-5-6;;;;;;;/h6-8H,1-5H2;6-7H,1-5H2;4*1H;1H2;;/q-2;-1;;;;;-1;2*+4/p-4. The summed E-state index contributed by atoms with van der Waals surface area (Å²) in [6.07, 6.45) is 11.1. The first kappa shape index (κ1) is 29.2. The molecule has 2 saturated carbocycles. The van der Waals surface area contributed by atoms with Crippen LogP contribution < -0.4 is 0 Å². The second-order valence-corrected chi connectivity index (χ2v) is 11.6. The van der Waals surface area contributed by atoms with Gasteiger partial charge in [0.15, 0.2) is 0 Å². The summed E-state index contributed by atoms with van der Waals surface area (Å²) >= 11 is -0.944. The van der Waals surface area contributed by atoms with Crippen molar-refractivity contribution in [2.75, 3.05) is 0 Å². The number of halogens is 4. The summed E-state index contributed by atoms with van der Waals surface area (Å²) in [6.45, 7) is 3.89. The van der Waals surface area contributed by atoms with Crippen molar-refractivity contribution < 1.29 is 33.0 Å². The number of rotatable bonds is 0. The van der Waals surface area contributed by atoms with E-state index < -0.39 is 33.0 Å². The third kappa shape index (κ3) is 22.4. The quantitative estimate of drug-likeness (QED) is 0.223. The normalized spacial score (nSPS) is 24.5. The number of hydrogen-bond acceptors (Lipinski definition) is 0. The minimum absolute atomic E-state index is 0. The average molecular weight is 757 g/mol. The fraction of sp³-hybridized carbons (Fsp3) is 0.923. The van der Waals surface area contributed by atoms with E-state index in [0.717, 1.165) is 19.3 Å². The van der Waals surface area contributed by atoms with E-state index in [0.29, 0.717) is 5.92 Å². The van der Waals surface area contributed by atoms with Gasteiger partial charge in [0.25, 0.3) is 0 Å². The zero-order valence-corrected chi connectivity index (χ0v) is 20.1. The molecule has 22 heavy (non-hydrogen) atoms. The topological polar surface area (TPSA) is 81.1 Å². The van der Waals surface area contributed by atoms with Crippen LogP contribution in [-0.2, 0) is 33.0 Å². The molecule has 9 heteroatoms. The summed E-state index contributed by atoms with van der Waals surface area (Å²) in [6, 6.07) is 0.428. The molecular formula is C13H27Cl4N3Pt2. The van der Waals surface area contributed by atoms with Crippen LogP contribution in [0.3, 0.4) is 0 Å². The van der Waals surface area contributed by atoms with Crippen LogP contribution in [0.5, 0.6) is 0 Å². The van der Waals surface area contributed by atoms with Gasteiger partial charge in [-0.15, -0.1) is 6.04 Å². The van der Waals surface area contributed by atoms with E-state index in [1.807, 2.05) is 0 Å². The average Bonchev–Trinajstić information content (AvgIpc) is 2.45. The summed E-state index contributed by atoms with van der Waals surface area (Å²) in [5, 5.41) is 0. The second kappa shape index (κ2) is 23.4. The Bertz CT molecular complexity index is 190. The van der Waals surface area contributed by atoms with Crippen LogP contribution in [-0.4, -0.2) is 12.1 Å². The number of hydrogen-bond donors (Lipinski definition) is 0. The van der Waals surface area contributed by atoms with Crippen LogP contribution in [0.4, 0.5) is 0 Å². The van der Waals surface area contributed by atoms with Crippen molar-refractivity contribution in [1.82, 2.24) is 0 Å². The molecule has 0 aromatic carbocycles. The molecule has 0 amide bonds. The van der Waals surface area contributed by atoms with Crippen LogP contribution in [0.25, 0.3) is 17.6 Å². The van der Waals surface area contributed by atoms with Crippen LogP contribution in [0.2, 0.25) is 0 Å². The Labute approximate surface area is 169 Å². The van der Waals surface area contributed by atoms with Gasteiger partial charge < -0.3 is 24.5 Å². The van der Waals surface area contributed by atoms with Gasteiger partial charge in [0.2, 0.25) is 0 Å². The Morgan fingerprint density at radius 3 is 1.32 bits per heavy atom. The molecule has 2 unspecified atom stereocenters. The molecule has 0 aliphatic heterocycles. The molecule has 0 saturated heterocycles. The van der Waals surface area contributed by atoms with Gasteiger partial charge in [-0.3, -0.25) is 0 Å². The smallest absolute Gasteiger partial charge is 0.0534 e. The van der Waals surface area contributed by atoms with Crippen LogP contribution in [0.1, 0.15) is 57.8 Å². The first-order valence-corrected chi connectivity index (χ1v) is 18.2. The summed E-state index contributed by atoms with van der Waals surface area (Å²) < 4.78 is 0. The Hall–Kier alpha value is 2.42. The van der Waals surface area contributed by atoms with Crippen molar-refractivity contribution in [2.45, 2.75) is 69.9 Å². The molecule has 2 aliphatic carbocycles. The molecule has 3 nitrogen and oxygen atoms in total. The van der Waals surface area contributed by atoms with E-state index in [1.165, 1.54) is 38.5 Å². The molecule has 2 fully saturated rings. The Kier molecular flexibility index (Phi) is 31.1. The maximum Gasteiger partial charge on any atom is -0.0534 e. The molecule has 0 heterocycles. The van der Waals surface area contributed by atoms with E-state index in [4.69, 9.17) is 49.1 Å². The van der Waals surface area contributed by atoms with E-state index in [1.54, 1.807) is 0 Å². The molecule has 4 N–H and O–H groups in total. The number of nitrogens with two attached hydrogens (primary N) is 1. The van der Waals surface area contributed by atoms with Gasteiger partial charge in [-0.2, -0.15) is 12.0 Å². The first-order chi connectivity index (χ1) is 10.0. The molecule has 0 spiro atoms. The largest absolute Gasteiger partial charge is 0.693 e. The van der Waals surface area contributed by atoms with Crippen molar-refractivity contribution in [3.8, 4) is 0 Å². The van der Waals surface area contributed by atoms with Crippen LogP contribution in [0, 0.1) is 12.8 Å². The minimum Gasteiger partial charge on any atom is -0.693 e. The number of nitrogens with one attached hydrogen (secondary N) is 2. The summed E-state index contributed by atoms with van der Waals surface area (Å²) in [4.78, 5) is 0. The molecular weight excluding hydrogens is 730 g/mol. The molecule has 0 aromatic rings. The van der Waals surface area contributed by atoms with E-state index in [2.05, 4.69) is 6.92 Å². The summed E-state index contributed by atoms with van der Waals surface area (Å²) in [7, 11) is 19.5. The maximum absolute atomic E-state index is 7.42. The second-order valence-electron chi connectivity index (χ2n) is 5.08. The van der Waals surface area contributed by atoms with Crippen LogP contribution >= 0.6 is 37.7 Å². The van der Waals surface area contributed by atoms with Gasteiger partial charge >= 0.3 is 70.6 Å². The zero-order chi connectivity index (χ0) is 16.5. The van der Waals surface area contributed by atoms with Gasteiger partial charge in [-0.25, -0.2) is 0 Å². The Morgan fingerprint density at radius 1 is 0.727 bits per heavy atom. The predicted molar refractivity (Wildman–Crippen MR) is 95.3 cm³/mol. The predicted octanol–water partition coefficient (Wildman–Crippen LogP) is 8.27. The van der Waals surface area contributed by atoms with E-state index >= 15 is 0 Å². The van der Waals surface area contributed by atoms with Gasteiger partial charge in [-0.05, 0) is 0 Å². The van der Waals surface area contributed by atoms with E-state index in [-0.39, 0.29) is 18.2 Å². The molecule has 2 atom stereocenters. The van der Waals surface area contributed by atoms with E-state index in [9.17, 15) is 0 Å². The zero-order valence-electron chi connectivity index (χ0n) is 12.5. The van der Waals surface area contributed by atoms with Gasteiger partial charge in [0.1, 0.15) is 0 Å². The third-order valence-electron chi connectivity index (χ3n) is 3.51. The summed E-state index contributed by atoms with van der Waals surface area (Å²) in [5.74, 6) is 0.420.